The number of allylic oxidation sites excluding steroid dienone is 2. The zero-order valence-electron chi connectivity index (χ0n) is 7.49. The molecule has 4 nitrogen and oxygen atoms in total. The van der Waals surface area contributed by atoms with Crippen molar-refractivity contribution < 1.29 is 9.72 Å². The molecule has 1 aliphatic carbocycles. The van der Waals surface area contributed by atoms with E-state index in [1.54, 1.807) is 6.08 Å². The van der Waals surface area contributed by atoms with Crippen molar-refractivity contribution in [3.8, 4) is 0 Å². The number of carbonyl (C=O) groups excluding carboxylic acids is 1. The van der Waals surface area contributed by atoms with Gasteiger partial charge in [-0.25, -0.2) is 0 Å². The molecule has 0 aromatic rings. The molecule has 0 aliphatic heterocycles. The molecule has 1 rings (SSSR count). The van der Waals surface area contributed by atoms with E-state index in [4.69, 9.17) is 0 Å². The third-order valence-electron chi connectivity index (χ3n) is 2.15. The molecule has 0 bridgehead atoms. The number of hydrogen-bond donors (Lipinski definition) is 0. The summed E-state index contributed by atoms with van der Waals surface area (Å²) >= 11 is 0. The van der Waals surface area contributed by atoms with Crippen molar-refractivity contribution in [3.63, 3.8) is 0 Å². The molecule has 0 spiro atoms. The average Bonchev–Trinajstić information content (AvgIpc) is 2.16. The van der Waals surface area contributed by atoms with Crippen LogP contribution in [0.3, 0.4) is 0 Å². The lowest BCUT2D eigenvalue weighted by atomic mass is 10.1. The minimum Gasteiger partial charge on any atom is -0.299 e. The van der Waals surface area contributed by atoms with Crippen LogP contribution < -0.4 is 0 Å². The van der Waals surface area contributed by atoms with Gasteiger partial charge in [-0.05, 0) is 25.3 Å². The van der Waals surface area contributed by atoms with Crippen molar-refractivity contribution >= 4 is 5.78 Å². The van der Waals surface area contributed by atoms with Crippen LogP contribution in [0.2, 0.25) is 0 Å². The zero-order chi connectivity index (χ0) is 9.68. The van der Waals surface area contributed by atoms with E-state index in [-0.39, 0.29) is 17.9 Å². The lowest BCUT2D eigenvalue weighted by Crippen LogP contribution is -2.05. The van der Waals surface area contributed by atoms with Gasteiger partial charge < -0.3 is 0 Å². The smallest absolute Gasteiger partial charge is 0.249 e. The highest BCUT2D eigenvalue weighted by atomic mass is 16.6. The maximum atomic E-state index is 11.2. The van der Waals surface area contributed by atoms with Crippen molar-refractivity contribution in [1.82, 2.24) is 0 Å². The molecule has 72 valence electrons. The van der Waals surface area contributed by atoms with E-state index < -0.39 is 4.92 Å². The van der Waals surface area contributed by atoms with E-state index in [9.17, 15) is 14.9 Å². The number of ketones is 1. The average molecular weight is 183 g/mol. The molecular weight excluding hydrogens is 170 g/mol. The minimum absolute atomic E-state index is 0.00694. The summed E-state index contributed by atoms with van der Waals surface area (Å²) in [5, 5.41) is 10.5. The number of nitrogens with zero attached hydrogens (tertiary/aromatic N) is 1. The van der Waals surface area contributed by atoms with Crippen LogP contribution in [-0.2, 0) is 4.79 Å². The zero-order valence-corrected chi connectivity index (χ0v) is 7.49. The van der Waals surface area contributed by atoms with E-state index in [2.05, 4.69) is 0 Å². The molecule has 4 heteroatoms. The van der Waals surface area contributed by atoms with E-state index in [0.29, 0.717) is 6.42 Å². The summed E-state index contributed by atoms with van der Waals surface area (Å²) in [4.78, 5) is 21.2. The SMILES string of the molecule is O=C1CCCCC/C=C(/[N+](=O)[O-])C1. The Morgan fingerprint density at radius 2 is 2.08 bits per heavy atom. The standard InChI is InChI=1S/C9H13NO3/c11-9-6-4-2-1-3-5-8(7-9)10(12)13/h5H,1-4,6-7H2/b8-5+. The number of carbonyl (C=O) groups is 1. The molecule has 0 radical (unpaired) electrons. The Kier molecular flexibility index (Phi) is 3.61. The van der Waals surface area contributed by atoms with Gasteiger partial charge in [-0.3, -0.25) is 14.9 Å². The van der Waals surface area contributed by atoms with Crippen molar-refractivity contribution in [2.45, 2.75) is 38.5 Å². The van der Waals surface area contributed by atoms with Gasteiger partial charge >= 0.3 is 0 Å². The molecule has 0 aromatic carbocycles. The first-order valence-electron chi connectivity index (χ1n) is 4.55. The van der Waals surface area contributed by atoms with Crippen LogP contribution in [0.4, 0.5) is 0 Å². The fourth-order valence-corrected chi connectivity index (χ4v) is 1.41. The third-order valence-corrected chi connectivity index (χ3v) is 2.15. The quantitative estimate of drug-likeness (QED) is 0.461. The summed E-state index contributed by atoms with van der Waals surface area (Å²) in [5.74, 6) is -0.00940. The second-order valence-electron chi connectivity index (χ2n) is 3.27. The molecule has 1 aliphatic rings. The molecule has 13 heavy (non-hydrogen) atoms. The molecule has 0 unspecified atom stereocenters. The highest BCUT2D eigenvalue weighted by molar-refractivity contribution is 5.80. The van der Waals surface area contributed by atoms with Crippen LogP contribution in [-0.4, -0.2) is 10.7 Å². The molecule has 0 saturated carbocycles. The number of Topliss-reactive ketones (excluding diaryl/α,β-unsaturated/α-hetero) is 1. The van der Waals surface area contributed by atoms with E-state index in [0.717, 1.165) is 25.7 Å². The van der Waals surface area contributed by atoms with Crippen molar-refractivity contribution in [2.75, 3.05) is 0 Å². The molecule has 0 saturated heterocycles. The Balaban J connectivity index is 2.66. The topological polar surface area (TPSA) is 60.2 Å². The molecule has 0 atom stereocenters. The van der Waals surface area contributed by atoms with Crippen LogP contribution in [0.15, 0.2) is 11.8 Å². The lowest BCUT2D eigenvalue weighted by molar-refractivity contribution is -0.426. The van der Waals surface area contributed by atoms with Gasteiger partial charge in [-0.2, -0.15) is 0 Å². The summed E-state index contributed by atoms with van der Waals surface area (Å²) < 4.78 is 0. The summed E-state index contributed by atoms with van der Waals surface area (Å²) in [6.07, 6.45) is 5.63. The molecular formula is C9H13NO3. The van der Waals surface area contributed by atoms with Crippen LogP contribution in [0.25, 0.3) is 0 Å². The van der Waals surface area contributed by atoms with Gasteiger partial charge in [0.05, 0.1) is 11.3 Å². The van der Waals surface area contributed by atoms with Gasteiger partial charge in [0.15, 0.2) is 0 Å². The fraction of sp³-hybridized carbons (Fsp3) is 0.667. The Bertz CT molecular complexity index is 245. The molecule has 0 heterocycles. The van der Waals surface area contributed by atoms with Crippen molar-refractivity contribution in [1.29, 1.82) is 0 Å². The Hall–Kier alpha value is -1.19. The summed E-state index contributed by atoms with van der Waals surface area (Å²) in [6.45, 7) is 0. The predicted octanol–water partition coefficient (Wildman–Crippen LogP) is 2.07. The van der Waals surface area contributed by atoms with Gasteiger partial charge in [0.25, 0.3) is 0 Å². The first kappa shape index (κ1) is 9.89. The number of hydrogen-bond acceptors (Lipinski definition) is 3. The molecule has 0 amide bonds. The van der Waals surface area contributed by atoms with Crippen LogP contribution in [0, 0.1) is 10.1 Å². The number of nitro groups is 1. The molecule has 0 aromatic heterocycles. The second kappa shape index (κ2) is 4.74. The summed E-state index contributed by atoms with van der Waals surface area (Å²) in [7, 11) is 0. The van der Waals surface area contributed by atoms with Crippen LogP contribution >= 0.6 is 0 Å². The van der Waals surface area contributed by atoms with Crippen molar-refractivity contribution in [2.24, 2.45) is 0 Å². The highest BCUT2D eigenvalue weighted by Crippen LogP contribution is 2.14. The van der Waals surface area contributed by atoms with Crippen molar-refractivity contribution in [3.05, 3.63) is 21.9 Å². The fourth-order valence-electron chi connectivity index (χ4n) is 1.41. The van der Waals surface area contributed by atoms with Gasteiger partial charge in [0, 0.05) is 6.42 Å². The summed E-state index contributed by atoms with van der Waals surface area (Å²) in [5.41, 5.74) is 0.0758. The van der Waals surface area contributed by atoms with E-state index in [1.807, 2.05) is 0 Å². The third kappa shape index (κ3) is 3.36. The van der Waals surface area contributed by atoms with E-state index in [1.165, 1.54) is 0 Å². The second-order valence-corrected chi connectivity index (χ2v) is 3.27. The van der Waals surface area contributed by atoms with Crippen LogP contribution in [0.1, 0.15) is 38.5 Å². The maximum Gasteiger partial charge on any atom is 0.249 e. The summed E-state index contributed by atoms with van der Waals surface area (Å²) in [6, 6.07) is 0. The predicted molar refractivity (Wildman–Crippen MR) is 47.8 cm³/mol. The van der Waals surface area contributed by atoms with Gasteiger partial charge in [-0.1, -0.05) is 6.42 Å². The lowest BCUT2D eigenvalue weighted by Gasteiger charge is -1.95. The highest BCUT2D eigenvalue weighted by Gasteiger charge is 2.16. The maximum absolute atomic E-state index is 11.2. The van der Waals surface area contributed by atoms with Gasteiger partial charge in [0.2, 0.25) is 5.70 Å². The van der Waals surface area contributed by atoms with Gasteiger partial charge in [-0.15, -0.1) is 0 Å². The first-order chi connectivity index (χ1) is 6.20. The number of rotatable bonds is 1. The van der Waals surface area contributed by atoms with E-state index >= 15 is 0 Å². The van der Waals surface area contributed by atoms with Crippen LogP contribution in [0.5, 0.6) is 0 Å². The molecule has 0 fully saturated rings. The normalized spacial score (nSPS) is 23.7. The van der Waals surface area contributed by atoms with Gasteiger partial charge in [0.1, 0.15) is 5.78 Å². The first-order valence-corrected chi connectivity index (χ1v) is 4.55. The Morgan fingerprint density at radius 1 is 1.31 bits per heavy atom. The largest absolute Gasteiger partial charge is 0.299 e. The molecule has 0 N–H and O–H groups in total. The monoisotopic (exact) mass is 183 g/mol. The minimum atomic E-state index is -0.441. The Morgan fingerprint density at radius 3 is 2.77 bits per heavy atom. The Labute approximate surface area is 76.8 Å².